The minimum Gasteiger partial charge on any atom is -0.480 e. The molecule has 19 heteroatoms. The van der Waals surface area contributed by atoms with E-state index in [0.29, 0.717) is 11.8 Å². The van der Waals surface area contributed by atoms with E-state index in [0.717, 1.165) is 17.8 Å². The molecule has 3 aromatic rings. The van der Waals surface area contributed by atoms with Gasteiger partial charge in [0.25, 0.3) is 31.6 Å². The number of pyridine rings is 1. The van der Waals surface area contributed by atoms with Crippen LogP contribution in [0.4, 0.5) is 17.1 Å². The molecular formula is C24H29N5O12S2. The molecule has 1 atom stereocenters. The molecule has 1 heterocycles. The van der Waals surface area contributed by atoms with Gasteiger partial charge in [-0.25, -0.2) is 4.79 Å². The van der Waals surface area contributed by atoms with Gasteiger partial charge in [0.15, 0.2) is 0 Å². The van der Waals surface area contributed by atoms with Crippen molar-refractivity contribution < 1.29 is 45.7 Å². The van der Waals surface area contributed by atoms with Crippen molar-refractivity contribution in [3.63, 3.8) is 0 Å². The van der Waals surface area contributed by atoms with Gasteiger partial charge in [0, 0.05) is 37.1 Å². The second-order valence-corrected chi connectivity index (χ2v) is 11.4. The molecule has 0 spiro atoms. The summed E-state index contributed by atoms with van der Waals surface area (Å²) in [4.78, 5) is 34.8. The van der Waals surface area contributed by atoms with Crippen molar-refractivity contribution in [3.05, 3.63) is 98.3 Å². The maximum atomic E-state index is 11.2. The number of nitrogens with zero attached hydrogens (tertiary/aromatic N) is 3. The molecule has 0 radical (unpaired) electrons. The maximum absolute atomic E-state index is 11.2. The Morgan fingerprint density at radius 2 is 1.60 bits per heavy atom. The van der Waals surface area contributed by atoms with Crippen LogP contribution in [-0.4, -0.2) is 64.6 Å². The number of nitrogens with two attached hydrogens (primary N) is 1. The summed E-state index contributed by atoms with van der Waals surface area (Å²) in [6.07, 6.45) is 1.74. The molecule has 43 heavy (non-hydrogen) atoms. The summed E-state index contributed by atoms with van der Waals surface area (Å²) in [5.74, 6) is -1.71. The molecule has 0 saturated heterocycles. The third-order valence-corrected chi connectivity index (χ3v) is 7.18. The Balaban J connectivity index is 0.000000337. The van der Waals surface area contributed by atoms with E-state index in [4.69, 9.17) is 19.9 Å². The fraction of sp³-hybridized carbons (Fsp3) is 0.250. The van der Waals surface area contributed by atoms with E-state index < -0.39 is 53.0 Å². The first-order valence-corrected chi connectivity index (χ1v) is 15.0. The van der Waals surface area contributed by atoms with Crippen LogP contribution in [-0.2, 0) is 37.0 Å². The smallest absolute Gasteiger partial charge is 0.328 e. The molecule has 6 N–H and O–H groups in total. The van der Waals surface area contributed by atoms with E-state index in [-0.39, 0.29) is 29.1 Å². The van der Waals surface area contributed by atoms with Gasteiger partial charge in [0.2, 0.25) is 0 Å². The lowest BCUT2D eigenvalue weighted by Gasteiger charge is -2.22. The van der Waals surface area contributed by atoms with Crippen LogP contribution < -0.4 is 11.1 Å². The number of hydrogen-bond acceptors (Lipinski definition) is 12. The molecule has 0 amide bonds. The van der Waals surface area contributed by atoms with Crippen molar-refractivity contribution in [2.75, 3.05) is 18.1 Å². The van der Waals surface area contributed by atoms with Crippen molar-refractivity contribution >= 4 is 43.3 Å². The highest BCUT2D eigenvalue weighted by molar-refractivity contribution is 7.86. The number of carboxylic acid groups (broad SMARTS) is 1. The minimum absolute atomic E-state index is 0.0958. The normalized spacial score (nSPS) is 12.3. The third kappa shape index (κ3) is 11.7. The van der Waals surface area contributed by atoms with Crippen LogP contribution in [0.1, 0.15) is 24.6 Å². The maximum Gasteiger partial charge on any atom is 0.328 e. The molecule has 0 aliphatic heterocycles. The molecule has 0 aliphatic carbocycles. The van der Waals surface area contributed by atoms with Crippen LogP contribution in [0.25, 0.3) is 0 Å². The van der Waals surface area contributed by atoms with Crippen molar-refractivity contribution in [1.82, 2.24) is 4.98 Å². The number of carbonyl (C=O) groups is 1. The Kier molecular flexibility index (Phi) is 13.2. The van der Waals surface area contributed by atoms with Crippen LogP contribution in [0.2, 0.25) is 0 Å². The number of benzene rings is 2. The zero-order valence-electron chi connectivity index (χ0n) is 22.7. The first-order valence-electron chi connectivity index (χ1n) is 11.9. The fourth-order valence-electron chi connectivity index (χ4n) is 3.19. The van der Waals surface area contributed by atoms with Crippen molar-refractivity contribution in [2.45, 2.75) is 30.2 Å². The van der Waals surface area contributed by atoms with Gasteiger partial charge in [-0.1, -0.05) is 13.0 Å². The van der Waals surface area contributed by atoms with E-state index >= 15 is 0 Å². The second kappa shape index (κ2) is 15.6. The predicted molar refractivity (Wildman–Crippen MR) is 154 cm³/mol. The minimum atomic E-state index is -4.06. The van der Waals surface area contributed by atoms with Crippen LogP contribution in [0.15, 0.2) is 71.8 Å². The van der Waals surface area contributed by atoms with E-state index in [1.807, 2.05) is 0 Å². The van der Waals surface area contributed by atoms with Gasteiger partial charge in [-0.05, 0) is 48.9 Å². The lowest BCUT2D eigenvalue weighted by atomic mass is 9.87. The zero-order valence-corrected chi connectivity index (χ0v) is 24.4. The van der Waals surface area contributed by atoms with E-state index in [2.05, 4.69) is 10.3 Å². The molecule has 0 bridgehead atoms. The summed E-state index contributed by atoms with van der Waals surface area (Å²) < 4.78 is 58.8. The summed E-state index contributed by atoms with van der Waals surface area (Å²) in [6.45, 7) is 1.46. The fourth-order valence-corrected chi connectivity index (χ4v) is 4.14. The Bertz CT molecular complexity index is 1630. The molecule has 0 aliphatic rings. The highest BCUT2D eigenvalue weighted by Crippen LogP contribution is 2.33. The first-order chi connectivity index (χ1) is 19.9. The van der Waals surface area contributed by atoms with Gasteiger partial charge in [-0.2, -0.15) is 16.8 Å². The molecule has 1 aromatic heterocycles. The molecule has 17 nitrogen and oxygen atoms in total. The van der Waals surface area contributed by atoms with E-state index in [1.54, 1.807) is 43.6 Å². The zero-order chi connectivity index (χ0) is 33.0. The summed E-state index contributed by atoms with van der Waals surface area (Å²) in [7, 11) is -6.19. The number of nitro groups is 2. The second-order valence-electron chi connectivity index (χ2n) is 8.45. The highest BCUT2D eigenvalue weighted by atomic mass is 32.2. The van der Waals surface area contributed by atoms with E-state index in [1.165, 1.54) is 19.1 Å². The largest absolute Gasteiger partial charge is 0.480 e. The molecule has 2 aromatic carbocycles. The first kappa shape index (κ1) is 36.5. The Labute approximate surface area is 246 Å². The quantitative estimate of drug-likeness (QED) is 0.120. The van der Waals surface area contributed by atoms with Crippen LogP contribution >= 0.6 is 0 Å². The van der Waals surface area contributed by atoms with Gasteiger partial charge >= 0.3 is 5.97 Å². The summed E-state index contributed by atoms with van der Waals surface area (Å²) in [5, 5.41) is 33.4. The van der Waals surface area contributed by atoms with Gasteiger partial charge in [-0.3, -0.25) is 34.3 Å². The van der Waals surface area contributed by atoms with Crippen LogP contribution in [0, 0.1) is 20.2 Å². The standard InChI is InChI=1S/C10H11N3O6.2C7H9NO3S/c1-2-10(11,9(14)15)7-4-3-6(12(16)17)5-8(7)13(18)19;1-8-6-2-4-7(5-3-6)12(9,10)11;9-12(10,11)6-4-7-3-1-2-5-8-7/h3-5H,2,11H2,1H3,(H,14,15);2-5,8H,1H3,(H,9,10,11);1-3,5H,4,6H2,(H,9,10,11). The van der Waals surface area contributed by atoms with Gasteiger partial charge in [-0.15, -0.1) is 0 Å². The molecular weight excluding hydrogens is 614 g/mol. The number of anilines is 1. The molecule has 3 rings (SSSR count). The SMILES string of the molecule is CCC(N)(C(=O)O)c1ccc([N+](=O)[O-])cc1[N+](=O)[O-].CNc1ccc(S(=O)(=O)O)cc1.O=S(=O)(O)CCc1ccccn1. The molecule has 0 saturated carbocycles. The highest BCUT2D eigenvalue weighted by Gasteiger charge is 2.40. The monoisotopic (exact) mass is 643 g/mol. The number of hydrogen-bond donors (Lipinski definition) is 5. The number of aromatic nitrogens is 1. The predicted octanol–water partition coefficient (Wildman–Crippen LogP) is 2.64. The van der Waals surface area contributed by atoms with Crippen molar-refractivity contribution in [2.24, 2.45) is 5.73 Å². The molecule has 1 unspecified atom stereocenters. The number of rotatable bonds is 10. The summed E-state index contributed by atoms with van der Waals surface area (Å²) in [6, 6.07) is 13.7. The Morgan fingerprint density at radius 3 is 2.00 bits per heavy atom. The van der Waals surface area contributed by atoms with Crippen molar-refractivity contribution in [1.29, 1.82) is 0 Å². The summed E-state index contributed by atoms with van der Waals surface area (Å²) in [5.41, 5.74) is 3.70. The Hall–Kier alpha value is -4.56. The van der Waals surface area contributed by atoms with Gasteiger partial charge < -0.3 is 16.2 Å². The van der Waals surface area contributed by atoms with E-state index in [9.17, 15) is 41.9 Å². The van der Waals surface area contributed by atoms with Gasteiger partial charge in [0.05, 0.1) is 32.1 Å². The molecule has 234 valence electrons. The number of aliphatic carboxylic acids is 1. The topological polar surface area (TPSA) is 283 Å². The summed E-state index contributed by atoms with van der Waals surface area (Å²) >= 11 is 0. The number of carboxylic acids is 1. The average molecular weight is 644 g/mol. The van der Waals surface area contributed by atoms with Crippen molar-refractivity contribution in [3.8, 4) is 0 Å². The van der Waals surface area contributed by atoms with Gasteiger partial charge in [0.1, 0.15) is 5.54 Å². The lowest BCUT2D eigenvalue weighted by molar-refractivity contribution is -0.394. The Morgan fingerprint density at radius 1 is 1.00 bits per heavy atom. The van der Waals surface area contributed by atoms with Crippen LogP contribution in [0.5, 0.6) is 0 Å². The number of nitro benzene ring substituents is 2. The number of aryl methyl sites for hydroxylation is 1. The average Bonchev–Trinajstić information content (AvgIpc) is 2.95. The number of nitrogens with one attached hydrogen (secondary N) is 1. The van der Waals surface area contributed by atoms with Crippen LogP contribution in [0.3, 0.4) is 0 Å². The number of non-ortho nitro benzene ring substituents is 1. The lowest BCUT2D eigenvalue weighted by Crippen LogP contribution is -2.44. The third-order valence-electron chi connectivity index (χ3n) is 5.59. The molecule has 0 fully saturated rings.